The van der Waals surface area contributed by atoms with Crippen LogP contribution in [0.5, 0.6) is 0 Å². The van der Waals surface area contributed by atoms with Crippen molar-refractivity contribution in [2.75, 3.05) is 10.6 Å². The molecule has 3 rings (SSSR count). The van der Waals surface area contributed by atoms with Gasteiger partial charge < -0.3 is 10.6 Å². The van der Waals surface area contributed by atoms with Crippen LogP contribution in [0.2, 0.25) is 0 Å². The number of halogens is 1. The van der Waals surface area contributed by atoms with Crippen LogP contribution in [-0.4, -0.2) is 29.3 Å². The van der Waals surface area contributed by atoms with Crippen LogP contribution in [0.3, 0.4) is 0 Å². The molecule has 156 valence electrons. The van der Waals surface area contributed by atoms with Gasteiger partial charge in [0.05, 0.1) is 10.9 Å². The van der Waals surface area contributed by atoms with E-state index in [9.17, 15) is 17.6 Å². The Kier molecular flexibility index (Phi) is 6.04. The highest BCUT2D eigenvalue weighted by atomic mass is 32.2. The SMILES string of the molecule is CC(=O)Nc1cc(F)ccc1-c1ncnc(Nc2cccc(C(C)S(N)(=O)=O)c2)n1. The molecule has 0 aliphatic carbocycles. The van der Waals surface area contributed by atoms with Crippen LogP contribution in [0.15, 0.2) is 48.8 Å². The molecule has 0 bridgehead atoms. The van der Waals surface area contributed by atoms with E-state index < -0.39 is 21.1 Å². The molecule has 0 aliphatic rings. The minimum Gasteiger partial charge on any atom is -0.326 e. The second-order valence-corrected chi connectivity index (χ2v) is 8.37. The minimum absolute atomic E-state index is 0.179. The van der Waals surface area contributed by atoms with Crippen molar-refractivity contribution in [2.24, 2.45) is 5.14 Å². The molecule has 1 atom stereocenters. The van der Waals surface area contributed by atoms with E-state index in [2.05, 4.69) is 25.6 Å². The summed E-state index contributed by atoms with van der Waals surface area (Å²) in [5, 5.41) is 9.86. The summed E-state index contributed by atoms with van der Waals surface area (Å²) in [6.45, 7) is 2.80. The van der Waals surface area contributed by atoms with Crippen LogP contribution in [0.25, 0.3) is 11.4 Å². The number of sulfonamides is 1. The van der Waals surface area contributed by atoms with Crippen LogP contribution < -0.4 is 15.8 Å². The number of anilines is 3. The monoisotopic (exact) mass is 430 g/mol. The van der Waals surface area contributed by atoms with Crippen molar-refractivity contribution in [2.45, 2.75) is 19.1 Å². The molecule has 9 nitrogen and oxygen atoms in total. The molecule has 0 spiro atoms. The number of benzene rings is 2. The van der Waals surface area contributed by atoms with E-state index in [4.69, 9.17) is 5.14 Å². The number of primary sulfonamides is 1. The third kappa shape index (κ3) is 5.13. The molecular formula is C19H19FN6O3S. The Hall–Kier alpha value is -3.44. The van der Waals surface area contributed by atoms with E-state index in [1.807, 2.05) is 0 Å². The Morgan fingerprint density at radius 2 is 1.93 bits per heavy atom. The first-order chi connectivity index (χ1) is 14.1. The van der Waals surface area contributed by atoms with Gasteiger partial charge in [0, 0.05) is 18.2 Å². The van der Waals surface area contributed by atoms with Crippen molar-refractivity contribution >= 4 is 33.3 Å². The largest absolute Gasteiger partial charge is 0.326 e. The maximum atomic E-state index is 13.6. The summed E-state index contributed by atoms with van der Waals surface area (Å²) in [6.07, 6.45) is 1.27. The smallest absolute Gasteiger partial charge is 0.230 e. The van der Waals surface area contributed by atoms with Crippen LogP contribution in [0, 0.1) is 5.82 Å². The quantitative estimate of drug-likeness (QED) is 0.546. The number of nitrogens with two attached hydrogens (primary N) is 1. The Morgan fingerprint density at radius 3 is 2.63 bits per heavy atom. The van der Waals surface area contributed by atoms with E-state index in [0.717, 1.165) is 0 Å². The molecular weight excluding hydrogens is 411 g/mol. The molecule has 30 heavy (non-hydrogen) atoms. The molecule has 1 amide bonds. The fraction of sp³-hybridized carbons (Fsp3) is 0.158. The topological polar surface area (TPSA) is 140 Å². The van der Waals surface area contributed by atoms with Gasteiger partial charge in [-0.05, 0) is 42.8 Å². The Labute approximate surface area is 172 Å². The fourth-order valence-corrected chi connectivity index (χ4v) is 3.20. The van der Waals surface area contributed by atoms with Crippen molar-refractivity contribution < 1.29 is 17.6 Å². The Bertz CT molecular complexity index is 1200. The molecule has 0 aliphatic heterocycles. The van der Waals surface area contributed by atoms with E-state index in [1.165, 1.54) is 38.4 Å². The molecule has 3 aromatic rings. The van der Waals surface area contributed by atoms with E-state index in [-0.39, 0.29) is 23.4 Å². The van der Waals surface area contributed by atoms with Gasteiger partial charge in [0.2, 0.25) is 21.9 Å². The summed E-state index contributed by atoms with van der Waals surface area (Å²) >= 11 is 0. The highest BCUT2D eigenvalue weighted by molar-refractivity contribution is 7.89. The molecule has 1 unspecified atom stereocenters. The average molecular weight is 430 g/mol. The number of rotatable bonds is 6. The van der Waals surface area contributed by atoms with Crippen molar-refractivity contribution in [3.63, 3.8) is 0 Å². The van der Waals surface area contributed by atoms with Crippen LogP contribution in [-0.2, 0) is 14.8 Å². The average Bonchev–Trinajstić information content (AvgIpc) is 2.67. The summed E-state index contributed by atoms with van der Waals surface area (Å²) in [4.78, 5) is 23.9. The zero-order valence-electron chi connectivity index (χ0n) is 16.1. The zero-order valence-corrected chi connectivity index (χ0v) is 16.9. The molecule has 0 fully saturated rings. The van der Waals surface area contributed by atoms with E-state index in [1.54, 1.807) is 24.3 Å². The maximum absolute atomic E-state index is 13.6. The first-order valence-electron chi connectivity index (χ1n) is 8.78. The van der Waals surface area contributed by atoms with Crippen LogP contribution in [0.4, 0.5) is 21.7 Å². The molecule has 0 saturated heterocycles. The Balaban J connectivity index is 1.92. The number of carbonyl (C=O) groups is 1. The molecule has 11 heteroatoms. The maximum Gasteiger partial charge on any atom is 0.230 e. The number of aromatic nitrogens is 3. The second-order valence-electron chi connectivity index (χ2n) is 6.49. The van der Waals surface area contributed by atoms with Gasteiger partial charge in [0.15, 0.2) is 5.82 Å². The van der Waals surface area contributed by atoms with E-state index in [0.29, 0.717) is 16.8 Å². The molecule has 1 aromatic heterocycles. The van der Waals surface area contributed by atoms with Crippen LogP contribution in [0.1, 0.15) is 24.7 Å². The predicted molar refractivity (Wildman–Crippen MR) is 111 cm³/mol. The van der Waals surface area contributed by atoms with Gasteiger partial charge in [-0.3, -0.25) is 4.79 Å². The standard InChI is InChI=1S/C19H19FN6O3S/c1-11(30(21,28)29)13-4-3-5-15(8-13)25-19-23-10-22-18(26-19)16-7-6-14(20)9-17(16)24-12(2)27/h3-11H,1-2H3,(H,24,27)(H2,21,28,29)(H,22,23,25,26). The number of nitrogens with one attached hydrogen (secondary N) is 2. The van der Waals surface area contributed by atoms with Crippen molar-refractivity contribution in [1.82, 2.24) is 15.0 Å². The second kappa shape index (κ2) is 8.51. The predicted octanol–water partition coefficient (Wildman–Crippen LogP) is 2.73. The van der Waals surface area contributed by atoms with Crippen molar-refractivity contribution in [1.29, 1.82) is 0 Å². The van der Waals surface area contributed by atoms with Gasteiger partial charge in [-0.2, -0.15) is 4.98 Å². The lowest BCUT2D eigenvalue weighted by atomic mass is 10.1. The van der Waals surface area contributed by atoms with Gasteiger partial charge in [0.1, 0.15) is 12.1 Å². The summed E-state index contributed by atoms with van der Waals surface area (Å²) in [5.74, 6) is -0.491. The first kappa shape index (κ1) is 21.3. The number of hydrogen-bond acceptors (Lipinski definition) is 7. The lowest BCUT2D eigenvalue weighted by molar-refractivity contribution is -0.114. The van der Waals surface area contributed by atoms with Gasteiger partial charge >= 0.3 is 0 Å². The Morgan fingerprint density at radius 1 is 1.17 bits per heavy atom. The molecule has 4 N–H and O–H groups in total. The highest BCUT2D eigenvalue weighted by Gasteiger charge is 2.18. The van der Waals surface area contributed by atoms with E-state index >= 15 is 0 Å². The van der Waals surface area contributed by atoms with Gasteiger partial charge in [-0.1, -0.05) is 12.1 Å². The number of amides is 1. The molecule has 1 heterocycles. The first-order valence-corrected chi connectivity index (χ1v) is 10.4. The third-order valence-electron chi connectivity index (χ3n) is 4.21. The number of nitrogens with zero attached hydrogens (tertiary/aromatic N) is 3. The summed E-state index contributed by atoms with van der Waals surface area (Å²) in [5.41, 5.74) is 1.68. The molecule has 2 aromatic carbocycles. The summed E-state index contributed by atoms with van der Waals surface area (Å²) in [6, 6.07) is 10.5. The number of carbonyl (C=O) groups excluding carboxylic acids is 1. The minimum atomic E-state index is -3.74. The number of hydrogen-bond donors (Lipinski definition) is 3. The van der Waals surface area contributed by atoms with Gasteiger partial charge in [0.25, 0.3) is 0 Å². The van der Waals surface area contributed by atoms with Crippen molar-refractivity contribution in [3.05, 3.63) is 60.2 Å². The zero-order chi connectivity index (χ0) is 21.9. The van der Waals surface area contributed by atoms with Gasteiger partial charge in [-0.25, -0.2) is 27.9 Å². The molecule has 0 saturated carbocycles. The lowest BCUT2D eigenvalue weighted by Gasteiger charge is -2.12. The normalized spacial score (nSPS) is 12.3. The third-order valence-corrected chi connectivity index (χ3v) is 5.47. The van der Waals surface area contributed by atoms with Crippen molar-refractivity contribution in [3.8, 4) is 11.4 Å². The summed E-state index contributed by atoms with van der Waals surface area (Å²) < 4.78 is 36.8. The molecule has 0 radical (unpaired) electrons. The fourth-order valence-electron chi connectivity index (χ4n) is 2.68. The summed E-state index contributed by atoms with van der Waals surface area (Å²) in [7, 11) is -3.74. The van der Waals surface area contributed by atoms with Gasteiger partial charge in [-0.15, -0.1) is 0 Å². The lowest BCUT2D eigenvalue weighted by Crippen LogP contribution is -2.19. The highest BCUT2D eigenvalue weighted by Crippen LogP contribution is 2.27. The van der Waals surface area contributed by atoms with Crippen LogP contribution >= 0.6 is 0 Å².